The number of hydrogen-bond donors (Lipinski definition) is 4. The molecule has 0 radical (unpaired) electrons. The van der Waals surface area contributed by atoms with Crippen LogP contribution in [0, 0.1) is 0 Å². The summed E-state index contributed by atoms with van der Waals surface area (Å²) < 4.78 is 33.3. The minimum absolute atomic E-state index is 0.188. The Morgan fingerprint density at radius 3 is 2.53 bits per heavy atom. The van der Waals surface area contributed by atoms with Crippen molar-refractivity contribution in [2.24, 2.45) is 5.73 Å². The molecule has 2 atom stereocenters. The number of fused-ring (bicyclic) bond motifs is 2. The first-order chi connectivity index (χ1) is 27.9. The van der Waals surface area contributed by atoms with E-state index < -0.39 is 23.9 Å². The lowest BCUT2D eigenvalue weighted by atomic mass is 9.93. The Bertz CT molecular complexity index is 2260. The molecule has 4 saturated heterocycles. The van der Waals surface area contributed by atoms with Crippen LogP contribution in [0.1, 0.15) is 40.9 Å². The van der Waals surface area contributed by atoms with Gasteiger partial charge in [-0.3, -0.25) is 34.4 Å². The standard InChI is InChI=1S/C40H47ClF2N12O3/c1-45-31-18-35(49-55-33(37(44)57)19-46-38(31)55)54-12-9-27-24(3-2-4-32(27)54)20-50-11-10-34(40(42,43)23-50)53-21-26(22-53)52-15-13-51(14-16-52)25-5-6-29(28(41)17-25)47-30-7-8-36(56)48-39(30)58/h2-6,17-19,26,30,34,45,47H,7-16,20-23H2,1H3,(H2,44,57)(H,48,56,58). The highest BCUT2D eigenvalue weighted by Crippen LogP contribution is 2.40. The number of nitrogens with two attached hydrogens (primary N) is 1. The second kappa shape index (κ2) is 15.3. The summed E-state index contributed by atoms with van der Waals surface area (Å²) in [5, 5.41) is 13.9. The predicted molar refractivity (Wildman–Crippen MR) is 217 cm³/mol. The van der Waals surface area contributed by atoms with Crippen LogP contribution in [-0.2, 0) is 22.6 Å². The van der Waals surface area contributed by atoms with Gasteiger partial charge in [0.1, 0.15) is 11.7 Å². The fraction of sp³-hybridized carbons (Fsp3) is 0.475. The number of carbonyl (C=O) groups is 3. The Kier molecular flexibility index (Phi) is 10.1. The molecule has 2 unspecified atom stereocenters. The fourth-order valence-corrected chi connectivity index (χ4v) is 9.54. The molecule has 5 aliphatic rings. The molecular weight excluding hydrogens is 770 g/mol. The number of primary amides is 1. The smallest absolute Gasteiger partial charge is 0.275 e. The van der Waals surface area contributed by atoms with Crippen LogP contribution in [0.5, 0.6) is 0 Å². The van der Waals surface area contributed by atoms with Gasteiger partial charge in [0.2, 0.25) is 11.8 Å². The number of carbonyl (C=O) groups excluding carboxylic acids is 3. The minimum Gasteiger partial charge on any atom is -0.385 e. The van der Waals surface area contributed by atoms with E-state index in [2.05, 4.69) is 35.6 Å². The number of piperazine rings is 1. The summed E-state index contributed by atoms with van der Waals surface area (Å²) in [4.78, 5) is 50.7. The maximum absolute atomic E-state index is 15.9. The lowest BCUT2D eigenvalue weighted by Crippen LogP contribution is -2.69. The first-order valence-corrected chi connectivity index (χ1v) is 20.3. The summed E-state index contributed by atoms with van der Waals surface area (Å²) in [6.45, 7) is 5.96. The molecule has 2 aromatic carbocycles. The fourth-order valence-electron chi connectivity index (χ4n) is 9.31. The van der Waals surface area contributed by atoms with Gasteiger partial charge >= 0.3 is 0 Å². The average molecular weight is 817 g/mol. The SMILES string of the molecule is CNc1cc(N2CCc3c(CN4CCC(N5CC(N6CCN(c7ccc(NC8CCC(=O)NC8=O)c(Cl)c7)CC6)C5)C(F)(F)C4)cccc32)nn2c(C(N)=O)cnc12. The number of halogens is 3. The van der Waals surface area contributed by atoms with E-state index in [1.165, 1.54) is 10.7 Å². The van der Waals surface area contributed by atoms with Gasteiger partial charge in [-0.05, 0) is 54.7 Å². The Morgan fingerprint density at radius 1 is 1.00 bits per heavy atom. The van der Waals surface area contributed by atoms with E-state index >= 15 is 8.78 Å². The van der Waals surface area contributed by atoms with Gasteiger partial charge in [0, 0.05) is 95.9 Å². The second-order valence-corrected chi connectivity index (χ2v) is 16.4. The third-order valence-corrected chi connectivity index (χ3v) is 12.8. The number of rotatable bonds is 10. The number of imide groups is 1. The van der Waals surface area contributed by atoms with Crippen molar-refractivity contribution in [3.8, 4) is 0 Å². The molecule has 0 spiro atoms. The van der Waals surface area contributed by atoms with E-state index in [0.29, 0.717) is 73.4 Å². The molecular formula is C40H47ClF2N12O3. The molecule has 18 heteroatoms. The first kappa shape index (κ1) is 38.4. The highest BCUT2D eigenvalue weighted by Gasteiger charge is 2.51. The van der Waals surface area contributed by atoms with Gasteiger partial charge in [-0.2, -0.15) is 0 Å². The quantitative estimate of drug-likeness (QED) is 0.174. The summed E-state index contributed by atoms with van der Waals surface area (Å²) in [5.41, 5.74) is 11.8. The van der Waals surface area contributed by atoms with Gasteiger partial charge in [-0.15, -0.1) is 5.10 Å². The molecule has 58 heavy (non-hydrogen) atoms. The number of hydrogen-bond acceptors (Lipinski definition) is 12. The first-order valence-electron chi connectivity index (χ1n) is 19.9. The van der Waals surface area contributed by atoms with Crippen molar-refractivity contribution >= 4 is 63.5 Å². The van der Waals surface area contributed by atoms with E-state index in [4.69, 9.17) is 22.4 Å². The van der Waals surface area contributed by atoms with Crippen LogP contribution >= 0.6 is 11.6 Å². The van der Waals surface area contributed by atoms with Crippen LogP contribution < -0.4 is 31.5 Å². The number of aromatic nitrogens is 3. The van der Waals surface area contributed by atoms with Gasteiger partial charge in [0.25, 0.3) is 11.8 Å². The zero-order valence-corrected chi connectivity index (χ0v) is 33.0. The van der Waals surface area contributed by atoms with Gasteiger partial charge < -0.3 is 26.2 Å². The molecule has 2 aromatic heterocycles. The topological polar surface area (TPSA) is 160 Å². The highest BCUT2D eigenvalue weighted by atomic mass is 35.5. The molecule has 306 valence electrons. The number of piperidine rings is 2. The lowest BCUT2D eigenvalue weighted by molar-refractivity contribution is -0.154. The number of alkyl halides is 2. The number of nitrogens with one attached hydrogen (secondary N) is 3. The Balaban J connectivity index is 0.774. The van der Waals surface area contributed by atoms with Gasteiger partial charge in [-0.25, -0.2) is 18.3 Å². The van der Waals surface area contributed by atoms with E-state index in [0.717, 1.165) is 55.1 Å². The molecule has 0 saturated carbocycles. The third-order valence-electron chi connectivity index (χ3n) is 12.5. The van der Waals surface area contributed by atoms with Gasteiger partial charge in [-0.1, -0.05) is 23.7 Å². The predicted octanol–water partition coefficient (Wildman–Crippen LogP) is 3.15. The lowest BCUT2D eigenvalue weighted by Gasteiger charge is -2.53. The molecule has 0 aliphatic carbocycles. The molecule has 15 nitrogen and oxygen atoms in total. The molecule has 5 N–H and O–H groups in total. The van der Waals surface area contributed by atoms with E-state index in [-0.39, 0.29) is 36.5 Å². The second-order valence-electron chi connectivity index (χ2n) is 15.9. The summed E-state index contributed by atoms with van der Waals surface area (Å²) in [5.74, 6) is -3.43. The average Bonchev–Trinajstić information content (AvgIpc) is 3.82. The molecule has 0 bridgehead atoms. The largest absolute Gasteiger partial charge is 0.385 e. The number of benzene rings is 2. The van der Waals surface area contributed by atoms with Crippen LogP contribution in [0.15, 0.2) is 48.7 Å². The monoisotopic (exact) mass is 816 g/mol. The number of amides is 3. The summed E-state index contributed by atoms with van der Waals surface area (Å²) in [6.07, 6.45) is 3.28. The summed E-state index contributed by atoms with van der Waals surface area (Å²) >= 11 is 6.61. The Morgan fingerprint density at radius 2 is 1.81 bits per heavy atom. The maximum Gasteiger partial charge on any atom is 0.275 e. The number of likely N-dealkylation sites (tertiary alicyclic amines) is 2. The van der Waals surface area contributed by atoms with Crippen molar-refractivity contribution in [2.75, 3.05) is 86.4 Å². The Hall–Kier alpha value is -5.10. The molecule has 5 aliphatic heterocycles. The van der Waals surface area contributed by atoms with Crippen LogP contribution in [-0.4, -0.2) is 137 Å². The van der Waals surface area contributed by atoms with Crippen molar-refractivity contribution in [3.05, 3.63) is 70.5 Å². The number of anilines is 5. The molecule has 9 rings (SSSR count). The van der Waals surface area contributed by atoms with Crippen LogP contribution in [0.25, 0.3) is 5.65 Å². The molecule has 4 fully saturated rings. The summed E-state index contributed by atoms with van der Waals surface area (Å²) in [7, 11) is 1.78. The zero-order chi connectivity index (χ0) is 40.3. The maximum atomic E-state index is 15.9. The normalized spacial score (nSPS) is 23.2. The van der Waals surface area contributed by atoms with Crippen molar-refractivity contribution in [1.29, 1.82) is 0 Å². The number of nitrogens with zero attached hydrogens (tertiary/aromatic N) is 8. The van der Waals surface area contributed by atoms with Gasteiger partial charge in [0.05, 0.1) is 35.2 Å². The van der Waals surface area contributed by atoms with Crippen LogP contribution in [0.2, 0.25) is 5.02 Å². The van der Waals surface area contributed by atoms with E-state index in [1.807, 2.05) is 52.3 Å². The van der Waals surface area contributed by atoms with E-state index in [9.17, 15) is 14.4 Å². The Labute approximate surface area is 339 Å². The van der Waals surface area contributed by atoms with Crippen molar-refractivity contribution in [2.45, 2.75) is 56.3 Å². The third kappa shape index (κ3) is 7.18. The van der Waals surface area contributed by atoms with Crippen LogP contribution in [0.4, 0.5) is 37.3 Å². The molecule has 7 heterocycles. The number of imidazole rings is 1. The van der Waals surface area contributed by atoms with Crippen molar-refractivity contribution in [3.63, 3.8) is 0 Å². The van der Waals surface area contributed by atoms with Crippen molar-refractivity contribution in [1.82, 2.24) is 34.6 Å². The van der Waals surface area contributed by atoms with E-state index in [1.54, 1.807) is 7.05 Å². The van der Waals surface area contributed by atoms with Crippen LogP contribution in [0.3, 0.4) is 0 Å². The van der Waals surface area contributed by atoms with Gasteiger partial charge in [0.15, 0.2) is 11.5 Å². The molecule has 4 aromatic rings. The van der Waals surface area contributed by atoms with Crippen molar-refractivity contribution < 1.29 is 23.2 Å². The zero-order valence-electron chi connectivity index (χ0n) is 32.3. The highest BCUT2D eigenvalue weighted by molar-refractivity contribution is 6.33. The molecule has 3 amide bonds. The summed E-state index contributed by atoms with van der Waals surface area (Å²) in [6, 6.07) is 12.6. The minimum atomic E-state index is -2.84.